The van der Waals surface area contributed by atoms with Crippen LogP contribution in [0, 0.1) is 0 Å². The van der Waals surface area contributed by atoms with E-state index in [1.165, 1.54) is 0 Å². The molecule has 0 aliphatic carbocycles. The molecule has 0 heterocycles. The summed E-state index contributed by atoms with van der Waals surface area (Å²) in [6.45, 7) is 0. The number of hydrogen-bond acceptors (Lipinski definition) is 2. The predicted molar refractivity (Wildman–Crippen MR) is 80.9 cm³/mol. The van der Waals surface area contributed by atoms with Gasteiger partial charge in [-0.1, -0.05) is 37.9 Å². The number of carbonyl (C=O) groups is 1. The molecule has 0 fully saturated rings. The summed E-state index contributed by atoms with van der Waals surface area (Å²) in [4.78, 5) is 11.9. The molecule has 2 nitrogen and oxygen atoms in total. The van der Waals surface area contributed by atoms with E-state index in [0.29, 0.717) is 11.3 Å². The zero-order valence-electron chi connectivity index (χ0n) is 8.99. The second-order valence-corrected chi connectivity index (χ2v) is 6.16. The van der Waals surface area contributed by atoms with Gasteiger partial charge >= 0.3 is 5.97 Å². The van der Waals surface area contributed by atoms with Crippen molar-refractivity contribution in [3.05, 3.63) is 61.4 Å². The van der Waals surface area contributed by atoms with Crippen LogP contribution in [-0.2, 0) is 0 Å². The minimum Gasteiger partial charge on any atom is -0.422 e. The van der Waals surface area contributed by atoms with Crippen LogP contribution in [0.2, 0.25) is 0 Å². The zero-order valence-corrected chi connectivity index (χ0v) is 13.7. The Morgan fingerprint density at radius 1 is 0.944 bits per heavy atom. The molecule has 0 spiro atoms. The van der Waals surface area contributed by atoms with Crippen LogP contribution in [0.15, 0.2) is 55.9 Å². The lowest BCUT2D eigenvalue weighted by Crippen LogP contribution is -2.08. The summed E-state index contributed by atoms with van der Waals surface area (Å²) in [5, 5.41) is 0. The molecule has 5 heteroatoms. The highest BCUT2D eigenvalue weighted by molar-refractivity contribution is 9.11. The van der Waals surface area contributed by atoms with Gasteiger partial charge in [-0.3, -0.25) is 0 Å². The molecule has 18 heavy (non-hydrogen) atoms. The van der Waals surface area contributed by atoms with Crippen LogP contribution in [0.1, 0.15) is 10.4 Å². The third kappa shape index (κ3) is 3.43. The van der Waals surface area contributed by atoms with Gasteiger partial charge in [-0.05, 0) is 52.3 Å². The van der Waals surface area contributed by atoms with Crippen molar-refractivity contribution in [2.24, 2.45) is 0 Å². The zero-order chi connectivity index (χ0) is 13.1. The molecule has 0 saturated heterocycles. The van der Waals surface area contributed by atoms with E-state index in [-0.39, 0.29) is 5.97 Å². The second-order valence-electron chi connectivity index (χ2n) is 3.47. The Morgan fingerprint density at radius 3 is 2.33 bits per heavy atom. The normalized spacial score (nSPS) is 10.2. The highest BCUT2D eigenvalue weighted by Crippen LogP contribution is 2.29. The van der Waals surface area contributed by atoms with Crippen molar-refractivity contribution >= 4 is 53.8 Å². The Kier molecular flexibility index (Phi) is 4.59. The van der Waals surface area contributed by atoms with E-state index in [2.05, 4.69) is 47.8 Å². The van der Waals surface area contributed by atoms with E-state index in [4.69, 9.17) is 4.74 Å². The Balaban J connectivity index is 2.21. The molecular weight excluding hydrogens is 428 g/mol. The molecule has 0 unspecified atom stereocenters. The molecule has 0 aliphatic rings. The average Bonchev–Trinajstić information content (AvgIpc) is 2.32. The summed E-state index contributed by atoms with van der Waals surface area (Å²) in [5.74, 6) is 0.0995. The third-order valence-corrected chi connectivity index (χ3v) is 3.76. The first-order valence-corrected chi connectivity index (χ1v) is 7.37. The van der Waals surface area contributed by atoms with Crippen LogP contribution in [0.25, 0.3) is 0 Å². The smallest absolute Gasteiger partial charge is 0.343 e. The maximum Gasteiger partial charge on any atom is 0.343 e. The first kappa shape index (κ1) is 13.8. The number of esters is 1. The van der Waals surface area contributed by atoms with Crippen LogP contribution in [0.3, 0.4) is 0 Å². The number of ether oxygens (including phenoxy) is 1. The SMILES string of the molecule is O=C(Oc1ccc(Br)cc1Br)c1cccc(Br)c1. The van der Waals surface area contributed by atoms with Crippen LogP contribution in [-0.4, -0.2) is 5.97 Å². The van der Waals surface area contributed by atoms with Crippen molar-refractivity contribution in [2.45, 2.75) is 0 Å². The van der Waals surface area contributed by atoms with Crippen LogP contribution >= 0.6 is 47.8 Å². The Hall–Kier alpha value is -0.650. The second kappa shape index (κ2) is 5.99. The molecule has 0 N–H and O–H groups in total. The molecule has 0 saturated carbocycles. The molecule has 0 aliphatic heterocycles. The largest absolute Gasteiger partial charge is 0.422 e. The molecule has 2 rings (SSSR count). The monoisotopic (exact) mass is 432 g/mol. The van der Waals surface area contributed by atoms with E-state index in [0.717, 1.165) is 13.4 Å². The number of halogens is 3. The van der Waals surface area contributed by atoms with Crippen molar-refractivity contribution in [1.82, 2.24) is 0 Å². The highest BCUT2D eigenvalue weighted by atomic mass is 79.9. The number of rotatable bonds is 2. The minimum atomic E-state index is -0.390. The van der Waals surface area contributed by atoms with E-state index >= 15 is 0 Å². The van der Waals surface area contributed by atoms with Crippen molar-refractivity contribution in [1.29, 1.82) is 0 Å². The molecule has 92 valence electrons. The molecule has 0 radical (unpaired) electrons. The van der Waals surface area contributed by atoms with Crippen LogP contribution in [0.4, 0.5) is 0 Å². The summed E-state index contributed by atoms with van der Waals surface area (Å²) < 4.78 is 7.79. The van der Waals surface area contributed by atoms with Gasteiger partial charge in [-0.15, -0.1) is 0 Å². The van der Waals surface area contributed by atoms with Gasteiger partial charge in [-0.2, -0.15) is 0 Å². The average molecular weight is 435 g/mol. The fraction of sp³-hybridized carbons (Fsp3) is 0. The lowest BCUT2D eigenvalue weighted by atomic mass is 10.2. The van der Waals surface area contributed by atoms with Gasteiger partial charge < -0.3 is 4.74 Å². The summed E-state index contributed by atoms with van der Waals surface area (Å²) in [7, 11) is 0. The lowest BCUT2D eigenvalue weighted by Gasteiger charge is -2.06. The highest BCUT2D eigenvalue weighted by Gasteiger charge is 2.11. The Morgan fingerprint density at radius 2 is 1.67 bits per heavy atom. The van der Waals surface area contributed by atoms with Crippen molar-refractivity contribution in [3.63, 3.8) is 0 Å². The van der Waals surface area contributed by atoms with Gasteiger partial charge in [0.15, 0.2) is 0 Å². The van der Waals surface area contributed by atoms with Crippen molar-refractivity contribution in [2.75, 3.05) is 0 Å². The molecule has 0 bridgehead atoms. The standard InChI is InChI=1S/C13H7Br3O2/c14-9-3-1-2-8(6-9)13(17)18-12-5-4-10(15)7-11(12)16/h1-7H. The summed E-state index contributed by atoms with van der Waals surface area (Å²) in [5.41, 5.74) is 0.499. The Bertz CT molecular complexity index is 597. The van der Waals surface area contributed by atoms with Gasteiger partial charge in [0.25, 0.3) is 0 Å². The fourth-order valence-electron chi connectivity index (χ4n) is 1.33. The topological polar surface area (TPSA) is 26.3 Å². The summed E-state index contributed by atoms with van der Waals surface area (Å²) in [6.07, 6.45) is 0. The molecule has 0 amide bonds. The van der Waals surface area contributed by atoms with Gasteiger partial charge in [0.05, 0.1) is 10.0 Å². The van der Waals surface area contributed by atoms with Gasteiger partial charge in [-0.25, -0.2) is 4.79 Å². The first-order valence-electron chi connectivity index (χ1n) is 4.99. The maximum absolute atomic E-state index is 11.9. The van der Waals surface area contributed by atoms with E-state index in [9.17, 15) is 4.79 Å². The number of carbonyl (C=O) groups excluding carboxylic acids is 1. The molecule has 0 atom stereocenters. The minimum absolute atomic E-state index is 0.390. The summed E-state index contributed by atoms with van der Waals surface area (Å²) in [6, 6.07) is 12.4. The van der Waals surface area contributed by atoms with E-state index < -0.39 is 0 Å². The fourth-order valence-corrected chi connectivity index (χ4v) is 2.86. The summed E-state index contributed by atoms with van der Waals surface area (Å²) >= 11 is 10.0. The molecular formula is C13H7Br3O2. The van der Waals surface area contributed by atoms with E-state index in [1.54, 1.807) is 24.3 Å². The van der Waals surface area contributed by atoms with Gasteiger partial charge in [0.1, 0.15) is 5.75 Å². The van der Waals surface area contributed by atoms with Crippen molar-refractivity contribution < 1.29 is 9.53 Å². The lowest BCUT2D eigenvalue weighted by molar-refractivity contribution is 0.0733. The van der Waals surface area contributed by atoms with Crippen LogP contribution in [0.5, 0.6) is 5.75 Å². The Labute approximate surface area is 130 Å². The first-order chi connectivity index (χ1) is 8.56. The van der Waals surface area contributed by atoms with Gasteiger partial charge in [0, 0.05) is 8.95 Å². The van der Waals surface area contributed by atoms with E-state index in [1.807, 2.05) is 18.2 Å². The maximum atomic E-state index is 11.9. The van der Waals surface area contributed by atoms with Gasteiger partial charge in [0.2, 0.25) is 0 Å². The third-order valence-electron chi connectivity index (χ3n) is 2.16. The predicted octanol–water partition coefficient (Wildman–Crippen LogP) is 5.19. The molecule has 0 aromatic heterocycles. The molecule has 2 aromatic rings. The number of hydrogen-bond donors (Lipinski definition) is 0. The van der Waals surface area contributed by atoms with Crippen LogP contribution < -0.4 is 4.74 Å². The quantitative estimate of drug-likeness (QED) is 0.480. The number of benzene rings is 2. The molecule has 2 aromatic carbocycles. The van der Waals surface area contributed by atoms with Crippen molar-refractivity contribution in [3.8, 4) is 5.75 Å².